The average Bonchev–Trinajstić information content (AvgIpc) is 2.43. The van der Waals surface area contributed by atoms with Crippen molar-refractivity contribution in [2.75, 3.05) is 31.5 Å². The van der Waals surface area contributed by atoms with Crippen LogP contribution in [-0.2, 0) is 4.79 Å². The maximum Gasteiger partial charge on any atom is 0.244 e. The predicted octanol–water partition coefficient (Wildman–Crippen LogP) is 2.38. The van der Waals surface area contributed by atoms with Crippen LogP contribution >= 0.6 is 15.9 Å². The van der Waals surface area contributed by atoms with Crippen LogP contribution in [0.3, 0.4) is 0 Å². The fraction of sp³-hybridized carbons (Fsp3) is 0.533. The number of nitrogens with one attached hydrogen (secondary N) is 2. The Balaban J connectivity index is 2.11. The van der Waals surface area contributed by atoms with E-state index < -0.39 is 5.54 Å². The molecule has 1 heterocycles. The molecule has 20 heavy (non-hydrogen) atoms. The normalized spacial score (nSPS) is 17.0. The van der Waals surface area contributed by atoms with Crippen molar-refractivity contribution < 1.29 is 4.79 Å². The van der Waals surface area contributed by atoms with Crippen LogP contribution < -0.4 is 10.6 Å². The van der Waals surface area contributed by atoms with Crippen molar-refractivity contribution in [3.63, 3.8) is 0 Å². The van der Waals surface area contributed by atoms with E-state index in [1.54, 1.807) is 0 Å². The number of nitrogens with zero attached hydrogens (tertiary/aromatic N) is 1. The minimum Gasteiger partial charge on any atom is -0.323 e. The van der Waals surface area contributed by atoms with Gasteiger partial charge in [-0.2, -0.15) is 0 Å². The van der Waals surface area contributed by atoms with E-state index in [1.165, 1.54) is 0 Å². The second-order valence-corrected chi connectivity index (χ2v) is 6.59. The molecule has 110 valence electrons. The maximum absolute atomic E-state index is 12.6. The number of halogens is 1. The largest absolute Gasteiger partial charge is 0.323 e. The molecule has 0 radical (unpaired) electrons. The van der Waals surface area contributed by atoms with Crippen LogP contribution in [0.4, 0.5) is 5.69 Å². The Morgan fingerprint density at radius 1 is 1.35 bits per heavy atom. The molecule has 5 heteroatoms. The zero-order valence-electron chi connectivity index (χ0n) is 12.3. The molecular weight excluding hydrogens is 318 g/mol. The first-order valence-electron chi connectivity index (χ1n) is 6.94. The van der Waals surface area contributed by atoms with Gasteiger partial charge in [-0.25, -0.2) is 0 Å². The molecule has 0 aliphatic carbocycles. The third-order valence-electron chi connectivity index (χ3n) is 3.83. The van der Waals surface area contributed by atoms with E-state index in [0.717, 1.165) is 41.9 Å². The van der Waals surface area contributed by atoms with E-state index in [1.807, 2.05) is 39.0 Å². The first kappa shape index (κ1) is 15.5. The molecule has 1 aromatic carbocycles. The van der Waals surface area contributed by atoms with Gasteiger partial charge in [-0.05, 0) is 54.4 Å². The van der Waals surface area contributed by atoms with Crippen LogP contribution in [0.2, 0.25) is 0 Å². The highest BCUT2D eigenvalue weighted by Gasteiger charge is 2.35. The molecule has 0 saturated carbocycles. The summed E-state index contributed by atoms with van der Waals surface area (Å²) in [6, 6.07) is 5.96. The van der Waals surface area contributed by atoms with Gasteiger partial charge in [-0.15, -0.1) is 0 Å². The number of carbonyl (C=O) groups is 1. The molecule has 1 aliphatic heterocycles. The quantitative estimate of drug-likeness (QED) is 0.888. The van der Waals surface area contributed by atoms with Gasteiger partial charge in [-0.1, -0.05) is 6.07 Å². The van der Waals surface area contributed by atoms with Gasteiger partial charge in [0.2, 0.25) is 5.91 Å². The lowest BCUT2D eigenvalue weighted by molar-refractivity contribution is -0.126. The van der Waals surface area contributed by atoms with Crippen LogP contribution in [0.15, 0.2) is 22.7 Å². The Morgan fingerprint density at radius 3 is 2.65 bits per heavy atom. The first-order valence-corrected chi connectivity index (χ1v) is 7.74. The molecule has 0 spiro atoms. The van der Waals surface area contributed by atoms with Gasteiger partial charge in [0, 0.05) is 30.7 Å². The summed E-state index contributed by atoms with van der Waals surface area (Å²) < 4.78 is 0.910. The number of benzene rings is 1. The molecule has 0 aromatic heterocycles. The molecule has 1 aliphatic rings. The second kappa shape index (κ2) is 6.24. The molecule has 4 nitrogen and oxygen atoms in total. The lowest BCUT2D eigenvalue weighted by Crippen LogP contribution is -2.58. The Kier molecular flexibility index (Phi) is 4.83. The predicted molar refractivity (Wildman–Crippen MR) is 86.0 cm³/mol. The van der Waals surface area contributed by atoms with E-state index in [0.29, 0.717) is 0 Å². The lowest BCUT2D eigenvalue weighted by atomic mass is 10.00. The highest BCUT2D eigenvalue weighted by molar-refractivity contribution is 9.10. The summed E-state index contributed by atoms with van der Waals surface area (Å²) in [6.45, 7) is 9.65. The standard InChI is InChI=1S/C15H22BrN3O/c1-11-4-5-12(16)13(10-11)18-14(20)15(2,3)19-8-6-17-7-9-19/h4-5,10,17H,6-9H2,1-3H3,(H,18,20). The minimum atomic E-state index is -0.509. The van der Waals surface area contributed by atoms with Crippen molar-refractivity contribution in [2.24, 2.45) is 0 Å². The van der Waals surface area contributed by atoms with Gasteiger partial charge in [0.15, 0.2) is 0 Å². The van der Waals surface area contributed by atoms with Gasteiger partial charge in [0.1, 0.15) is 0 Å². The van der Waals surface area contributed by atoms with Crippen molar-refractivity contribution in [3.8, 4) is 0 Å². The number of aryl methyl sites for hydroxylation is 1. The van der Waals surface area contributed by atoms with Crippen molar-refractivity contribution in [1.82, 2.24) is 10.2 Å². The Bertz CT molecular complexity index is 496. The highest BCUT2D eigenvalue weighted by atomic mass is 79.9. The molecular formula is C15H22BrN3O. The molecule has 1 fully saturated rings. The molecule has 0 unspecified atom stereocenters. The molecule has 2 rings (SSSR count). The third-order valence-corrected chi connectivity index (χ3v) is 4.52. The van der Waals surface area contributed by atoms with Crippen LogP contribution in [0, 0.1) is 6.92 Å². The third kappa shape index (κ3) is 3.40. The van der Waals surface area contributed by atoms with E-state index >= 15 is 0 Å². The fourth-order valence-electron chi connectivity index (χ4n) is 2.38. The summed E-state index contributed by atoms with van der Waals surface area (Å²) in [5.74, 6) is 0.0331. The second-order valence-electron chi connectivity index (χ2n) is 5.73. The van der Waals surface area contributed by atoms with Crippen molar-refractivity contribution in [3.05, 3.63) is 28.2 Å². The fourth-order valence-corrected chi connectivity index (χ4v) is 2.72. The molecule has 2 N–H and O–H groups in total. The number of hydrogen-bond acceptors (Lipinski definition) is 3. The zero-order valence-corrected chi connectivity index (χ0v) is 13.9. The average molecular weight is 340 g/mol. The SMILES string of the molecule is Cc1ccc(Br)c(NC(=O)C(C)(C)N2CCNCC2)c1. The topological polar surface area (TPSA) is 44.4 Å². The Morgan fingerprint density at radius 2 is 2.00 bits per heavy atom. The maximum atomic E-state index is 12.6. The number of piperazine rings is 1. The van der Waals surface area contributed by atoms with Crippen LogP contribution in [0.25, 0.3) is 0 Å². The summed E-state index contributed by atoms with van der Waals surface area (Å²) >= 11 is 3.48. The summed E-state index contributed by atoms with van der Waals surface area (Å²) in [7, 11) is 0. The number of anilines is 1. The summed E-state index contributed by atoms with van der Waals surface area (Å²) in [4.78, 5) is 14.8. The van der Waals surface area contributed by atoms with Crippen LogP contribution in [0.5, 0.6) is 0 Å². The number of amides is 1. The van der Waals surface area contributed by atoms with E-state index in [4.69, 9.17) is 0 Å². The molecule has 0 bridgehead atoms. The van der Waals surface area contributed by atoms with Crippen molar-refractivity contribution >= 4 is 27.5 Å². The number of hydrogen-bond donors (Lipinski definition) is 2. The number of carbonyl (C=O) groups excluding carboxylic acids is 1. The van der Waals surface area contributed by atoms with Gasteiger partial charge >= 0.3 is 0 Å². The molecule has 0 atom stereocenters. The minimum absolute atomic E-state index is 0.0331. The Hall–Kier alpha value is -0.910. The van der Waals surface area contributed by atoms with Crippen molar-refractivity contribution in [1.29, 1.82) is 0 Å². The summed E-state index contributed by atoms with van der Waals surface area (Å²) in [6.07, 6.45) is 0. The summed E-state index contributed by atoms with van der Waals surface area (Å²) in [5, 5.41) is 6.35. The zero-order chi connectivity index (χ0) is 14.8. The van der Waals surface area contributed by atoms with E-state index in [2.05, 4.69) is 31.5 Å². The van der Waals surface area contributed by atoms with Crippen LogP contribution in [-0.4, -0.2) is 42.5 Å². The highest BCUT2D eigenvalue weighted by Crippen LogP contribution is 2.25. The first-order chi connectivity index (χ1) is 9.41. The number of rotatable bonds is 3. The molecule has 1 saturated heterocycles. The van der Waals surface area contributed by atoms with Crippen LogP contribution in [0.1, 0.15) is 19.4 Å². The van der Waals surface area contributed by atoms with Gasteiger partial charge in [0.25, 0.3) is 0 Å². The summed E-state index contributed by atoms with van der Waals surface area (Å²) in [5.41, 5.74) is 1.45. The van der Waals surface area contributed by atoms with Gasteiger partial charge in [-0.3, -0.25) is 9.69 Å². The van der Waals surface area contributed by atoms with Crippen molar-refractivity contribution in [2.45, 2.75) is 26.3 Å². The Labute approximate surface area is 129 Å². The monoisotopic (exact) mass is 339 g/mol. The van der Waals surface area contributed by atoms with E-state index in [-0.39, 0.29) is 5.91 Å². The van der Waals surface area contributed by atoms with E-state index in [9.17, 15) is 4.79 Å². The van der Waals surface area contributed by atoms with Gasteiger partial charge in [0.05, 0.1) is 11.2 Å². The molecule has 1 amide bonds. The lowest BCUT2D eigenvalue weighted by Gasteiger charge is -2.39. The van der Waals surface area contributed by atoms with Gasteiger partial charge < -0.3 is 10.6 Å². The smallest absolute Gasteiger partial charge is 0.244 e. The molecule has 1 aromatic rings.